The van der Waals surface area contributed by atoms with Gasteiger partial charge in [0.05, 0.1) is 5.56 Å². The number of rotatable bonds is 2. The van der Waals surface area contributed by atoms with Gasteiger partial charge in [-0.2, -0.15) is 0 Å². The number of allylic oxidation sites excluding steroid dienone is 1. The minimum absolute atomic E-state index is 0.00509. The fraction of sp³-hybridized carbons (Fsp3) is 0.100. The zero-order chi connectivity index (χ0) is 9.14. The first-order chi connectivity index (χ1) is 5.63. The third-order valence-electron chi connectivity index (χ3n) is 1.54. The summed E-state index contributed by atoms with van der Waals surface area (Å²) in [5.41, 5.74) is 0.738. The molecule has 0 unspecified atom stereocenters. The molecule has 1 aromatic carbocycles. The Morgan fingerprint density at radius 2 is 2.00 bits per heavy atom. The van der Waals surface area contributed by atoms with Crippen molar-refractivity contribution in [2.75, 3.05) is 0 Å². The zero-order valence-corrected chi connectivity index (χ0v) is 6.87. The quantitative estimate of drug-likeness (QED) is 0.534. The lowest BCUT2D eigenvalue weighted by Crippen LogP contribution is -1.99. The summed E-state index contributed by atoms with van der Waals surface area (Å²) in [7, 11) is 0. The average Bonchev–Trinajstić information content (AvgIpc) is 2.04. The van der Waals surface area contributed by atoms with Gasteiger partial charge in [-0.3, -0.25) is 4.79 Å². The topological polar surface area (TPSA) is 37.3 Å². The predicted octanol–water partition coefficient (Wildman–Crippen LogP) is 2.15. The Kier molecular flexibility index (Phi) is 2.29. The van der Waals surface area contributed by atoms with Crippen LogP contribution in [0.5, 0.6) is 5.75 Å². The number of hydrogen-bond donors (Lipinski definition) is 1. The maximum Gasteiger partial charge on any atom is 0.191 e. The lowest BCUT2D eigenvalue weighted by Gasteiger charge is -2.01. The van der Waals surface area contributed by atoms with Crippen LogP contribution in [-0.4, -0.2) is 10.9 Å². The van der Waals surface area contributed by atoms with E-state index in [2.05, 4.69) is 6.58 Å². The molecule has 62 valence electrons. The Morgan fingerprint density at radius 1 is 1.42 bits per heavy atom. The van der Waals surface area contributed by atoms with Gasteiger partial charge < -0.3 is 5.11 Å². The van der Waals surface area contributed by atoms with Crippen molar-refractivity contribution in [3.05, 3.63) is 42.0 Å². The second-order valence-electron chi connectivity index (χ2n) is 2.63. The molecule has 2 heteroatoms. The molecule has 0 fully saturated rings. The fourth-order valence-corrected chi connectivity index (χ4v) is 0.896. The van der Waals surface area contributed by atoms with E-state index in [9.17, 15) is 9.90 Å². The molecule has 2 nitrogen and oxygen atoms in total. The first-order valence-electron chi connectivity index (χ1n) is 3.61. The molecule has 0 heterocycles. The predicted molar refractivity (Wildman–Crippen MR) is 47.3 cm³/mol. The van der Waals surface area contributed by atoms with Crippen LogP contribution in [0.25, 0.3) is 0 Å². The Labute approximate surface area is 71.2 Å². The number of phenolic OH excluding ortho intramolecular Hbond substituents is 1. The van der Waals surface area contributed by atoms with Crippen LogP contribution in [0.4, 0.5) is 0 Å². The number of carbonyl (C=O) groups excluding carboxylic acids is 1. The number of benzene rings is 1. The van der Waals surface area contributed by atoms with E-state index >= 15 is 0 Å². The largest absolute Gasteiger partial charge is 0.507 e. The van der Waals surface area contributed by atoms with Gasteiger partial charge in [0.1, 0.15) is 5.75 Å². The highest BCUT2D eigenvalue weighted by atomic mass is 16.3. The van der Waals surface area contributed by atoms with Gasteiger partial charge in [0.2, 0.25) is 0 Å². The van der Waals surface area contributed by atoms with Crippen LogP contribution in [0, 0.1) is 0 Å². The van der Waals surface area contributed by atoms with E-state index < -0.39 is 0 Å². The van der Waals surface area contributed by atoms with Crippen molar-refractivity contribution in [2.45, 2.75) is 6.92 Å². The Bertz CT molecular complexity index is 326. The third kappa shape index (κ3) is 1.53. The smallest absolute Gasteiger partial charge is 0.191 e. The summed E-state index contributed by atoms with van der Waals surface area (Å²) < 4.78 is 0. The molecular weight excluding hydrogens is 152 g/mol. The SMILES string of the molecule is C=C(C)C(=O)c1ccccc1O. The summed E-state index contributed by atoms with van der Waals surface area (Å²) in [6, 6.07) is 6.43. The summed E-state index contributed by atoms with van der Waals surface area (Å²) in [4.78, 5) is 11.3. The van der Waals surface area contributed by atoms with E-state index in [-0.39, 0.29) is 11.5 Å². The van der Waals surface area contributed by atoms with Crippen LogP contribution in [0.15, 0.2) is 36.4 Å². The third-order valence-corrected chi connectivity index (χ3v) is 1.54. The molecule has 0 aliphatic rings. The van der Waals surface area contributed by atoms with E-state index in [1.807, 2.05) is 0 Å². The number of aromatic hydroxyl groups is 1. The summed E-state index contributed by atoms with van der Waals surface area (Å²) in [6.45, 7) is 5.13. The van der Waals surface area contributed by atoms with E-state index in [4.69, 9.17) is 0 Å². The van der Waals surface area contributed by atoms with Crippen LogP contribution in [0.2, 0.25) is 0 Å². The molecule has 0 radical (unpaired) electrons. The molecule has 0 aliphatic heterocycles. The molecule has 0 atom stereocenters. The Morgan fingerprint density at radius 3 is 2.50 bits per heavy atom. The summed E-state index contributed by atoms with van der Waals surface area (Å²) in [6.07, 6.45) is 0. The highest BCUT2D eigenvalue weighted by molar-refractivity contribution is 6.09. The number of hydrogen-bond acceptors (Lipinski definition) is 2. The highest BCUT2D eigenvalue weighted by Gasteiger charge is 2.09. The van der Waals surface area contributed by atoms with E-state index in [0.29, 0.717) is 11.1 Å². The molecule has 1 N–H and O–H groups in total. The molecule has 0 saturated carbocycles. The molecule has 12 heavy (non-hydrogen) atoms. The summed E-state index contributed by atoms with van der Waals surface area (Å²) in [5.74, 6) is -0.210. The lowest BCUT2D eigenvalue weighted by molar-refractivity contribution is 0.103. The standard InChI is InChI=1S/C10H10O2/c1-7(2)10(12)8-5-3-4-6-9(8)11/h3-6,11H,1H2,2H3. The molecule has 1 aromatic rings. The summed E-state index contributed by atoms with van der Waals surface area (Å²) >= 11 is 0. The van der Waals surface area contributed by atoms with Gasteiger partial charge in [-0.1, -0.05) is 18.7 Å². The van der Waals surface area contributed by atoms with Crippen molar-refractivity contribution in [2.24, 2.45) is 0 Å². The fourth-order valence-electron chi connectivity index (χ4n) is 0.896. The first kappa shape index (κ1) is 8.53. The van der Waals surface area contributed by atoms with Crippen LogP contribution >= 0.6 is 0 Å². The van der Waals surface area contributed by atoms with Gasteiger partial charge in [0.25, 0.3) is 0 Å². The lowest BCUT2D eigenvalue weighted by atomic mass is 10.1. The molecule has 1 rings (SSSR count). The molecular formula is C10H10O2. The maximum atomic E-state index is 11.3. The number of ketones is 1. The van der Waals surface area contributed by atoms with E-state index in [1.54, 1.807) is 25.1 Å². The number of Topliss-reactive ketones (excluding diaryl/α,β-unsaturated/α-hetero) is 1. The number of phenols is 1. The monoisotopic (exact) mass is 162 g/mol. The van der Waals surface area contributed by atoms with Crippen molar-refractivity contribution < 1.29 is 9.90 Å². The molecule has 0 aliphatic carbocycles. The van der Waals surface area contributed by atoms with Crippen LogP contribution in [-0.2, 0) is 0 Å². The molecule has 0 amide bonds. The van der Waals surface area contributed by atoms with Gasteiger partial charge in [0, 0.05) is 0 Å². The highest BCUT2D eigenvalue weighted by Crippen LogP contribution is 2.18. The van der Waals surface area contributed by atoms with Gasteiger partial charge in [0.15, 0.2) is 5.78 Å². The van der Waals surface area contributed by atoms with Gasteiger partial charge >= 0.3 is 0 Å². The van der Waals surface area contributed by atoms with Crippen molar-refractivity contribution in [3.8, 4) is 5.75 Å². The van der Waals surface area contributed by atoms with Crippen LogP contribution < -0.4 is 0 Å². The Balaban J connectivity index is 3.11. The van der Waals surface area contributed by atoms with Crippen molar-refractivity contribution in [1.82, 2.24) is 0 Å². The van der Waals surface area contributed by atoms with Crippen molar-refractivity contribution >= 4 is 5.78 Å². The average molecular weight is 162 g/mol. The minimum Gasteiger partial charge on any atom is -0.507 e. The van der Waals surface area contributed by atoms with E-state index in [0.717, 1.165) is 0 Å². The van der Waals surface area contributed by atoms with Gasteiger partial charge in [-0.15, -0.1) is 0 Å². The second kappa shape index (κ2) is 3.22. The van der Waals surface area contributed by atoms with E-state index in [1.165, 1.54) is 6.07 Å². The van der Waals surface area contributed by atoms with Crippen LogP contribution in [0.3, 0.4) is 0 Å². The van der Waals surface area contributed by atoms with Crippen molar-refractivity contribution in [1.29, 1.82) is 0 Å². The zero-order valence-electron chi connectivity index (χ0n) is 6.87. The van der Waals surface area contributed by atoms with Crippen LogP contribution in [0.1, 0.15) is 17.3 Å². The molecule has 0 aromatic heterocycles. The Hall–Kier alpha value is -1.57. The molecule has 0 bridgehead atoms. The van der Waals surface area contributed by atoms with Gasteiger partial charge in [-0.25, -0.2) is 0 Å². The van der Waals surface area contributed by atoms with Gasteiger partial charge in [-0.05, 0) is 24.6 Å². The normalized spacial score (nSPS) is 9.42. The second-order valence-corrected chi connectivity index (χ2v) is 2.63. The number of carbonyl (C=O) groups is 1. The summed E-state index contributed by atoms with van der Waals surface area (Å²) in [5, 5.41) is 9.27. The number of para-hydroxylation sites is 1. The minimum atomic E-state index is -0.215. The molecule has 0 spiro atoms. The molecule has 0 saturated heterocycles. The van der Waals surface area contributed by atoms with Crippen molar-refractivity contribution in [3.63, 3.8) is 0 Å². The maximum absolute atomic E-state index is 11.3. The first-order valence-corrected chi connectivity index (χ1v) is 3.61.